The zero-order valence-corrected chi connectivity index (χ0v) is 22.0. The van der Waals surface area contributed by atoms with Crippen molar-refractivity contribution < 1.29 is 33.6 Å². The lowest BCUT2D eigenvalue weighted by Crippen LogP contribution is -2.51. The number of benzene rings is 2. The Hall–Kier alpha value is -2.81. The summed E-state index contributed by atoms with van der Waals surface area (Å²) in [6.45, 7) is 9.22. The number of aliphatic hydroxyl groups is 1. The third-order valence-corrected chi connectivity index (χ3v) is 5.63. The molecule has 2 aromatic carbocycles. The van der Waals surface area contributed by atoms with E-state index in [1.807, 2.05) is 19.1 Å². The maximum atomic E-state index is 12.7. The van der Waals surface area contributed by atoms with Crippen LogP contribution in [0.2, 0.25) is 5.02 Å². The van der Waals surface area contributed by atoms with Crippen LogP contribution in [0.25, 0.3) is 0 Å². The summed E-state index contributed by atoms with van der Waals surface area (Å²) in [5, 5.41) is 14.3. The van der Waals surface area contributed by atoms with Crippen molar-refractivity contribution in [2.45, 2.75) is 77.6 Å². The average molecular weight is 520 g/mol. The van der Waals surface area contributed by atoms with Crippen LogP contribution in [0.4, 0.5) is 0 Å². The molecule has 2 aromatic rings. The topological polar surface area (TPSA) is 103 Å². The molecule has 1 heterocycles. The van der Waals surface area contributed by atoms with E-state index in [0.717, 1.165) is 11.1 Å². The Kier molecular flexibility index (Phi) is 9.59. The molecule has 0 fully saturated rings. The molecule has 3 rings (SSSR count). The lowest BCUT2D eigenvalue weighted by Gasteiger charge is -2.32. The van der Waals surface area contributed by atoms with Gasteiger partial charge in [-0.3, -0.25) is 0 Å². The van der Waals surface area contributed by atoms with Crippen molar-refractivity contribution in [1.82, 2.24) is 5.32 Å². The molecule has 0 aliphatic carbocycles. The number of fused-ring (bicyclic) bond motifs is 1. The summed E-state index contributed by atoms with van der Waals surface area (Å²) in [6.07, 6.45) is -3.39. The van der Waals surface area contributed by atoms with Gasteiger partial charge in [-0.1, -0.05) is 29.8 Å². The Balaban J connectivity index is 1.68. The number of aliphatic hydroxyl groups excluding tert-OH is 1. The number of carbonyl (C=O) groups is 2. The van der Waals surface area contributed by atoms with Gasteiger partial charge in [0.25, 0.3) is 0 Å². The number of nitrogens with one attached hydrogen (secondary N) is 1. The second kappa shape index (κ2) is 12.4. The zero-order valence-electron chi connectivity index (χ0n) is 21.2. The van der Waals surface area contributed by atoms with Gasteiger partial charge in [-0.25, -0.2) is 9.59 Å². The fourth-order valence-corrected chi connectivity index (χ4v) is 3.98. The first-order valence-electron chi connectivity index (χ1n) is 12.1. The van der Waals surface area contributed by atoms with Crippen molar-refractivity contribution in [1.29, 1.82) is 0 Å². The molecule has 0 spiro atoms. The van der Waals surface area contributed by atoms with Crippen molar-refractivity contribution in [3.8, 4) is 11.5 Å². The van der Waals surface area contributed by atoms with E-state index in [0.29, 0.717) is 29.5 Å². The first-order valence-corrected chi connectivity index (χ1v) is 12.5. The molecule has 9 heteroatoms. The van der Waals surface area contributed by atoms with Crippen molar-refractivity contribution >= 4 is 23.5 Å². The first-order chi connectivity index (χ1) is 17.0. The van der Waals surface area contributed by atoms with E-state index in [1.165, 1.54) is 0 Å². The lowest BCUT2D eigenvalue weighted by molar-refractivity contribution is -0.175. The minimum atomic E-state index is -1.29. The fraction of sp³-hybridized carbons (Fsp3) is 0.481. The minimum absolute atomic E-state index is 0.0249. The maximum absolute atomic E-state index is 12.7. The number of hydrogen-bond acceptors (Lipinski definition) is 8. The Morgan fingerprint density at radius 2 is 1.56 bits per heavy atom. The van der Waals surface area contributed by atoms with Gasteiger partial charge in [0.15, 0.2) is 11.5 Å². The first kappa shape index (κ1) is 27.8. The quantitative estimate of drug-likeness (QED) is 0.454. The molecule has 4 atom stereocenters. The van der Waals surface area contributed by atoms with Gasteiger partial charge >= 0.3 is 11.9 Å². The van der Waals surface area contributed by atoms with Gasteiger partial charge in [0, 0.05) is 17.6 Å². The summed E-state index contributed by atoms with van der Waals surface area (Å²) >= 11 is 6.01. The van der Waals surface area contributed by atoms with Crippen LogP contribution >= 0.6 is 11.6 Å². The van der Waals surface area contributed by atoms with E-state index in [-0.39, 0.29) is 18.2 Å². The Bertz CT molecular complexity index is 1060. The van der Waals surface area contributed by atoms with Gasteiger partial charge < -0.3 is 29.4 Å². The zero-order chi connectivity index (χ0) is 26.4. The van der Waals surface area contributed by atoms with E-state index < -0.39 is 30.3 Å². The molecule has 0 saturated heterocycles. The normalized spacial score (nSPS) is 18.6. The lowest BCUT2D eigenvalue weighted by atomic mass is 10.0. The highest BCUT2D eigenvalue weighted by atomic mass is 35.5. The van der Waals surface area contributed by atoms with E-state index in [2.05, 4.69) is 5.32 Å². The Morgan fingerprint density at radius 3 is 2.14 bits per heavy atom. The van der Waals surface area contributed by atoms with Gasteiger partial charge in [-0.05, 0) is 76.4 Å². The molecule has 0 aromatic heterocycles. The highest BCUT2D eigenvalue weighted by Gasteiger charge is 2.44. The molecular formula is C27H34ClNO7. The predicted octanol–water partition coefficient (Wildman–Crippen LogP) is 4.01. The average Bonchev–Trinajstić information content (AvgIpc) is 2.80. The molecule has 196 valence electrons. The molecule has 2 unspecified atom stereocenters. The summed E-state index contributed by atoms with van der Waals surface area (Å²) in [5.41, 5.74) is 1.67. The second-order valence-electron chi connectivity index (χ2n) is 9.41. The smallest absolute Gasteiger partial charge is 0.352 e. The Morgan fingerprint density at radius 1 is 0.944 bits per heavy atom. The van der Waals surface area contributed by atoms with E-state index >= 15 is 0 Å². The van der Waals surface area contributed by atoms with Gasteiger partial charge in [-0.15, -0.1) is 0 Å². The van der Waals surface area contributed by atoms with Crippen LogP contribution < -0.4 is 14.8 Å². The number of esters is 2. The third kappa shape index (κ3) is 7.59. The molecule has 0 saturated carbocycles. The summed E-state index contributed by atoms with van der Waals surface area (Å²) in [5.74, 6) is -0.702. The van der Waals surface area contributed by atoms with Crippen molar-refractivity contribution in [2.75, 3.05) is 6.54 Å². The van der Waals surface area contributed by atoms with Gasteiger partial charge in [0.05, 0.1) is 18.3 Å². The molecule has 0 radical (unpaired) electrons. The van der Waals surface area contributed by atoms with Crippen LogP contribution in [0, 0.1) is 0 Å². The molecule has 0 bridgehead atoms. The minimum Gasteiger partial charge on any atom is -0.470 e. The predicted molar refractivity (Wildman–Crippen MR) is 135 cm³/mol. The standard InChI is InChI=1S/C27H34ClNO7/c1-15(2)33-26(31)24-25(27(32)34-16(3)4)36-23-12-18(9-10-22(23)35-24)11-17(5)29-14-21(30)19-7-6-8-20(28)13-19/h6-10,12-13,15-17,21,24-25,29-30H,11,14H2,1-5H3/t17-,21+,24?,25?/m1/s1. The van der Waals surface area contributed by atoms with E-state index in [9.17, 15) is 14.7 Å². The Labute approximate surface area is 216 Å². The summed E-state index contributed by atoms with van der Waals surface area (Å²) < 4.78 is 22.3. The summed E-state index contributed by atoms with van der Waals surface area (Å²) in [6, 6.07) is 12.5. The van der Waals surface area contributed by atoms with Crippen LogP contribution in [0.5, 0.6) is 11.5 Å². The number of ether oxygens (including phenoxy) is 4. The van der Waals surface area contributed by atoms with Gasteiger partial charge in [0.2, 0.25) is 12.2 Å². The van der Waals surface area contributed by atoms with Crippen LogP contribution in [0.3, 0.4) is 0 Å². The van der Waals surface area contributed by atoms with Crippen LogP contribution in [-0.2, 0) is 25.5 Å². The molecule has 2 N–H and O–H groups in total. The summed E-state index contributed by atoms with van der Waals surface area (Å²) in [7, 11) is 0. The molecule has 8 nitrogen and oxygen atoms in total. The van der Waals surface area contributed by atoms with Crippen LogP contribution in [-0.4, -0.2) is 54.0 Å². The molecular weight excluding hydrogens is 486 g/mol. The van der Waals surface area contributed by atoms with E-state index in [1.54, 1.807) is 58.0 Å². The molecule has 0 amide bonds. The second-order valence-corrected chi connectivity index (χ2v) is 9.85. The van der Waals surface area contributed by atoms with Crippen molar-refractivity contribution in [3.05, 3.63) is 58.6 Å². The number of halogens is 1. The van der Waals surface area contributed by atoms with Crippen LogP contribution in [0.15, 0.2) is 42.5 Å². The molecule has 1 aliphatic heterocycles. The highest BCUT2D eigenvalue weighted by molar-refractivity contribution is 6.30. The molecule has 1 aliphatic rings. The van der Waals surface area contributed by atoms with Gasteiger partial charge in [0.1, 0.15) is 0 Å². The maximum Gasteiger partial charge on any atom is 0.352 e. The number of rotatable bonds is 10. The summed E-state index contributed by atoms with van der Waals surface area (Å²) in [4.78, 5) is 25.3. The number of carbonyl (C=O) groups excluding carboxylic acids is 2. The van der Waals surface area contributed by atoms with Crippen LogP contribution in [0.1, 0.15) is 51.8 Å². The number of hydrogen-bond donors (Lipinski definition) is 2. The van der Waals surface area contributed by atoms with Crippen molar-refractivity contribution in [2.24, 2.45) is 0 Å². The third-order valence-electron chi connectivity index (χ3n) is 5.39. The van der Waals surface area contributed by atoms with Gasteiger partial charge in [-0.2, -0.15) is 0 Å². The van der Waals surface area contributed by atoms with E-state index in [4.69, 9.17) is 30.5 Å². The molecule has 36 heavy (non-hydrogen) atoms. The largest absolute Gasteiger partial charge is 0.470 e. The van der Waals surface area contributed by atoms with Crippen molar-refractivity contribution in [3.63, 3.8) is 0 Å². The monoisotopic (exact) mass is 519 g/mol. The SMILES string of the molecule is CC(C)OC(=O)C1Oc2ccc(C[C@@H](C)NC[C@H](O)c3cccc(Cl)c3)cc2OC1C(=O)OC(C)C. The fourth-order valence-electron chi connectivity index (χ4n) is 3.78. The highest BCUT2D eigenvalue weighted by Crippen LogP contribution is 2.36.